The largest absolute Gasteiger partial charge is 1.00 e. The zero-order valence-corrected chi connectivity index (χ0v) is 8.26. The first-order valence-corrected chi connectivity index (χ1v) is 2.70. The van der Waals surface area contributed by atoms with Gasteiger partial charge in [0.2, 0.25) is 0 Å². The van der Waals surface area contributed by atoms with Crippen LogP contribution >= 0.6 is 31.5 Å². The molecule has 0 atom stereocenters. The molecule has 0 aromatic rings. The SMILES string of the molecule is F[B-](F)(Br)Br.[Na+]. The van der Waals surface area contributed by atoms with Crippen LogP contribution in [0.25, 0.3) is 0 Å². The first kappa shape index (κ1) is 10.8. The normalized spacial score (nSPS) is 10.0. The molecule has 0 radical (unpaired) electrons. The van der Waals surface area contributed by atoms with Crippen LogP contribution in [-0.4, -0.2) is 4.35 Å². The molecule has 0 unspecified atom stereocenters. The van der Waals surface area contributed by atoms with Crippen LogP contribution in [0, 0.1) is 0 Å². The summed E-state index contributed by atoms with van der Waals surface area (Å²) in [5, 5.41) is 0. The van der Waals surface area contributed by atoms with Crippen molar-refractivity contribution < 1.29 is 38.2 Å². The molecular weight excluding hydrogens is 232 g/mol. The quantitative estimate of drug-likeness (QED) is 0.477. The minimum Gasteiger partial charge on any atom is -0.458 e. The Bertz CT molecular complexity index is 27.0. The molecular formula is BBr2F2Na. The van der Waals surface area contributed by atoms with E-state index in [1.165, 1.54) is 0 Å². The Labute approximate surface area is 73.3 Å². The molecule has 0 aliphatic heterocycles. The van der Waals surface area contributed by atoms with Crippen LogP contribution in [0.2, 0.25) is 0 Å². The van der Waals surface area contributed by atoms with Crippen LogP contribution in [-0.2, 0) is 0 Å². The van der Waals surface area contributed by atoms with Crippen molar-refractivity contribution in [1.29, 1.82) is 0 Å². The number of hydrogen-bond acceptors (Lipinski definition) is 0. The fraction of sp³-hybridized carbons (Fsp3) is 0. The molecule has 0 aliphatic rings. The molecule has 6 heavy (non-hydrogen) atoms. The van der Waals surface area contributed by atoms with Gasteiger partial charge in [-0.15, -0.1) is 0 Å². The molecule has 0 spiro atoms. The summed E-state index contributed by atoms with van der Waals surface area (Å²) in [6.07, 6.45) is 0. The Kier molecular flexibility index (Phi) is 6.90. The van der Waals surface area contributed by atoms with Gasteiger partial charge in [-0.25, -0.2) is 0 Å². The molecule has 0 amide bonds. The van der Waals surface area contributed by atoms with Crippen LogP contribution < -0.4 is 29.6 Å². The average molecular weight is 232 g/mol. The summed E-state index contributed by atoms with van der Waals surface area (Å²) in [5.41, 5.74) is 0. The third kappa shape index (κ3) is 39.5. The summed E-state index contributed by atoms with van der Waals surface area (Å²) in [4.78, 5) is 0. The van der Waals surface area contributed by atoms with Crippen molar-refractivity contribution in [1.82, 2.24) is 0 Å². The van der Waals surface area contributed by atoms with Gasteiger partial charge in [0.15, 0.2) is 0 Å². The summed E-state index contributed by atoms with van der Waals surface area (Å²) < 4.78 is 18.5. The fourth-order valence-electron chi connectivity index (χ4n) is 0. The van der Waals surface area contributed by atoms with Gasteiger partial charge in [-0.3, -0.25) is 31.5 Å². The van der Waals surface area contributed by atoms with Gasteiger partial charge in [0.05, 0.1) is 0 Å². The third-order valence-electron chi connectivity index (χ3n) is 0. The molecule has 0 aromatic heterocycles. The Morgan fingerprint density at radius 2 is 1.17 bits per heavy atom. The van der Waals surface area contributed by atoms with Crippen molar-refractivity contribution in [3.63, 3.8) is 0 Å². The second-order valence-electron chi connectivity index (χ2n) is 0.495. The Hall–Kier alpha value is 1.88. The second-order valence-corrected chi connectivity index (χ2v) is 4.02. The van der Waals surface area contributed by atoms with Gasteiger partial charge in [-0.05, 0) is 0 Å². The van der Waals surface area contributed by atoms with Crippen molar-refractivity contribution in [2.75, 3.05) is 0 Å². The molecule has 0 N–H and O–H groups in total. The molecule has 0 aromatic carbocycles. The molecule has 32 valence electrons. The van der Waals surface area contributed by atoms with Gasteiger partial charge < -0.3 is 8.63 Å². The fourth-order valence-corrected chi connectivity index (χ4v) is 0. The minimum absolute atomic E-state index is 0. The van der Waals surface area contributed by atoms with Crippen LogP contribution in [0.1, 0.15) is 0 Å². The maximum absolute atomic E-state index is 10.9. The maximum Gasteiger partial charge on any atom is 1.00 e. The predicted molar refractivity (Wildman–Crippen MR) is 25.8 cm³/mol. The first-order valence-electron chi connectivity index (χ1n) is 0.873. The van der Waals surface area contributed by atoms with E-state index in [9.17, 15) is 8.63 Å². The number of rotatable bonds is 0. The molecule has 0 saturated heterocycles. The third-order valence-corrected chi connectivity index (χ3v) is 0. The molecule has 0 rings (SSSR count). The van der Waals surface area contributed by atoms with Crippen LogP contribution in [0.4, 0.5) is 8.63 Å². The van der Waals surface area contributed by atoms with Gasteiger partial charge in [0.25, 0.3) is 0 Å². The zero-order valence-electron chi connectivity index (χ0n) is 3.09. The number of hydrogen-bond donors (Lipinski definition) is 0. The van der Waals surface area contributed by atoms with E-state index in [0.29, 0.717) is 0 Å². The van der Waals surface area contributed by atoms with Gasteiger partial charge in [-0.1, -0.05) is 0 Å². The second kappa shape index (κ2) is 3.84. The molecule has 0 aliphatic carbocycles. The molecule has 6 heteroatoms. The van der Waals surface area contributed by atoms with E-state index in [0.717, 1.165) is 0 Å². The summed E-state index contributed by atoms with van der Waals surface area (Å²) in [6.45, 7) is 0. The first-order chi connectivity index (χ1) is 2.00. The molecule has 0 fully saturated rings. The van der Waals surface area contributed by atoms with E-state index in [1.807, 2.05) is 31.5 Å². The summed E-state index contributed by atoms with van der Waals surface area (Å²) in [7, 11) is 0. The van der Waals surface area contributed by atoms with Gasteiger partial charge in [0.1, 0.15) is 0 Å². The Morgan fingerprint density at radius 1 is 1.17 bits per heavy atom. The minimum atomic E-state index is -3.38. The molecule has 0 nitrogen and oxygen atoms in total. The zero-order chi connectivity index (χ0) is 4.50. The molecule has 0 saturated carbocycles. The predicted octanol–water partition coefficient (Wildman–Crippen LogP) is -0.845. The van der Waals surface area contributed by atoms with Crippen molar-refractivity contribution in [2.45, 2.75) is 0 Å². The Balaban J connectivity index is 0. The number of halogens is 4. The average Bonchev–Trinajstić information content (AvgIpc) is 0.722. The van der Waals surface area contributed by atoms with Crippen molar-refractivity contribution in [3.8, 4) is 0 Å². The van der Waals surface area contributed by atoms with Crippen LogP contribution in [0.15, 0.2) is 0 Å². The van der Waals surface area contributed by atoms with Gasteiger partial charge >= 0.3 is 33.9 Å². The van der Waals surface area contributed by atoms with Crippen molar-refractivity contribution in [3.05, 3.63) is 0 Å². The van der Waals surface area contributed by atoms with E-state index in [2.05, 4.69) is 0 Å². The smallest absolute Gasteiger partial charge is 0.458 e. The topological polar surface area (TPSA) is 0 Å². The van der Waals surface area contributed by atoms with Gasteiger partial charge in [-0.2, -0.15) is 0 Å². The van der Waals surface area contributed by atoms with E-state index < -0.39 is 4.35 Å². The van der Waals surface area contributed by atoms with E-state index in [-0.39, 0.29) is 29.6 Å². The maximum atomic E-state index is 10.9. The van der Waals surface area contributed by atoms with Crippen molar-refractivity contribution >= 4 is 35.9 Å². The van der Waals surface area contributed by atoms with Crippen LogP contribution in [0.5, 0.6) is 0 Å². The molecule has 0 bridgehead atoms. The van der Waals surface area contributed by atoms with Crippen LogP contribution in [0.3, 0.4) is 0 Å². The van der Waals surface area contributed by atoms with E-state index in [4.69, 9.17) is 0 Å². The summed E-state index contributed by atoms with van der Waals surface area (Å²) in [6, 6.07) is 0. The summed E-state index contributed by atoms with van der Waals surface area (Å²) in [5.74, 6) is 0. The van der Waals surface area contributed by atoms with Gasteiger partial charge in [0, 0.05) is 0 Å². The molecule has 0 heterocycles. The monoisotopic (exact) mass is 230 g/mol. The summed E-state index contributed by atoms with van der Waals surface area (Å²) >= 11 is 4.04. The Morgan fingerprint density at radius 3 is 1.17 bits per heavy atom. The van der Waals surface area contributed by atoms with Crippen molar-refractivity contribution in [2.24, 2.45) is 0 Å². The standard InChI is InChI=1S/BBr2F2.Na/c2-1(3,4)5;/q-1;+1. The van der Waals surface area contributed by atoms with E-state index in [1.54, 1.807) is 0 Å². The van der Waals surface area contributed by atoms with E-state index >= 15 is 0 Å².